The number of anilines is 1. The van der Waals surface area contributed by atoms with Crippen LogP contribution in [0, 0.1) is 6.92 Å². The molecule has 0 aliphatic carbocycles. The fourth-order valence-corrected chi connectivity index (χ4v) is 2.84. The highest BCUT2D eigenvalue weighted by Crippen LogP contribution is 2.22. The number of para-hydroxylation sites is 1. The molecule has 0 atom stereocenters. The summed E-state index contributed by atoms with van der Waals surface area (Å²) in [6, 6.07) is 7.69. The maximum Gasteiger partial charge on any atom is 0.255 e. The predicted octanol–water partition coefficient (Wildman–Crippen LogP) is 2.46. The molecule has 0 fully saturated rings. The van der Waals surface area contributed by atoms with Gasteiger partial charge in [0, 0.05) is 28.4 Å². The molecule has 0 aliphatic rings. The Kier molecular flexibility index (Phi) is 4.20. The van der Waals surface area contributed by atoms with Crippen LogP contribution in [0.25, 0.3) is 10.9 Å². The maximum absolute atomic E-state index is 12.3. The summed E-state index contributed by atoms with van der Waals surface area (Å²) in [5, 5.41) is 4.32. The van der Waals surface area contributed by atoms with E-state index in [1.807, 2.05) is 30.5 Å². The number of nitrogens with zero attached hydrogens (tertiary/aromatic N) is 1. The van der Waals surface area contributed by atoms with Gasteiger partial charge in [0.05, 0.1) is 12.1 Å². The lowest BCUT2D eigenvalue weighted by molar-refractivity contribution is -0.115. The second kappa shape index (κ2) is 6.29. The number of amides is 1. The molecule has 23 heavy (non-hydrogen) atoms. The molecule has 2 heterocycles. The molecule has 0 aliphatic heterocycles. The number of rotatable bonds is 4. The summed E-state index contributed by atoms with van der Waals surface area (Å²) in [4.78, 5) is 34.4. The minimum Gasteiger partial charge on any atom is -0.359 e. The lowest BCUT2D eigenvalue weighted by atomic mass is 10.1. The molecule has 6 nitrogen and oxygen atoms in total. The largest absolute Gasteiger partial charge is 0.359 e. The molecule has 2 aromatic heterocycles. The van der Waals surface area contributed by atoms with Gasteiger partial charge in [-0.15, -0.1) is 0 Å². The number of fused-ring (bicyclic) bond motifs is 1. The Morgan fingerprint density at radius 2 is 2.13 bits per heavy atom. The highest BCUT2D eigenvalue weighted by atomic mass is 32.2. The van der Waals surface area contributed by atoms with E-state index in [2.05, 4.69) is 20.3 Å². The van der Waals surface area contributed by atoms with Gasteiger partial charge in [-0.05, 0) is 19.2 Å². The number of hydrogen-bond acceptors (Lipinski definition) is 4. The van der Waals surface area contributed by atoms with E-state index in [-0.39, 0.29) is 17.9 Å². The van der Waals surface area contributed by atoms with Gasteiger partial charge in [0.25, 0.3) is 5.56 Å². The molecule has 3 rings (SSSR count). The summed E-state index contributed by atoms with van der Waals surface area (Å²) in [5.74, 6) is -0.248. The summed E-state index contributed by atoms with van der Waals surface area (Å²) in [6.07, 6.45) is 3.57. The van der Waals surface area contributed by atoms with E-state index in [1.165, 1.54) is 11.8 Å². The van der Waals surface area contributed by atoms with E-state index in [9.17, 15) is 9.59 Å². The molecular weight excluding hydrogens is 312 g/mol. The third-order valence-electron chi connectivity index (χ3n) is 3.59. The lowest BCUT2D eigenvalue weighted by Crippen LogP contribution is -2.23. The van der Waals surface area contributed by atoms with Crippen LogP contribution in [0.2, 0.25) is 0 Å². The van der Waals surface area contributed by atoms with Crippen LogP contribution in [0.3, 0.4) is 0 Å². The summed E-state index contributed by atoms with van der Waals surface area (Å²) in [6.45, 7) is 1.74. The Morgan fingerprint density at radius 3 is 2.87 bits per heavy atom. The number of aromatic amines is 2. The zero-order valence-corrected chi connectivity index (χ0v) is 13.6. The number of H-pyrrole nitrogens is 2. The van der Waals surface area contributed by atoms with Gasteiger partial charge >= 0.3 is 0 Å². The maximum atomic E-state index is 12.3. The quantitative estimate of drug-likeness (QED) is 0.507. The SMILES string of the molecule is CSc1nc(C)c(CC(=O)Nc2c[nH]c3ccccc23)c(=O)[nH]1. The van der Waals surface area contributed by atoms with E-state index >= 15 is 0 Å². The number of nitrogens with one attached hydrogen (secondary N) is 3. The summed E-state index contributed by atoms with van der Waals surface area (Å²) in [7, 11) is 0. The Balaban J connectivity index is 1.81. The molecular formula is C16H16N4O2S. The van der Waals surface area contributed by atoms with Crippen LogP contribution in [-0.2, 0) is 11.2 Å². The highest BCUT2D eigenvalue weighted by Gasteiger charge is 2.14. The van der Waals surface area contributed by atoms with Gasteiger partial charge in [-0.25, -0.2) is 4.98 Å². The third kappa shape index (κ3) is 3.14. The van der Waals surface area contributed by atoms with Crippen molar-refractivity contribution < 1.29 is 4.79 Å². The predicted molar refractivity (Wildman–Crippen MR) is 92.0 cm³/mol. The first-order valence-corrected chi connectivity index (χ1v) is 8.30. The van der Waals surface area contributed by atoms with Crippen LogP contribution < -0.4 is 10.9 Å². The van der Waals surface area contributed by atoms with Crippen molar-refractivity contribution in [1.82, 2.24) is 15.0 Å². The summed E-state index contributed by atoms with van der Waals surface area (Å²) in [5.41, 5.74) is 2.35. The van der Waals surface area contributed by atoms with Gasteiger partial charge in [0.15, 0.2) is 5.16 Å². The smallest absolute Gasteiger partial charge is 0.255 e. The second-order valence-corrected chi connectivity index (χ2v) is 5.91. The van der Waals surface area contributed by atoms with E-state index in [4.69, 9.17) is 0 Å². The van der Waals surface area contributed by atoms with Crippen molar-refractivity contribution in [3.05, 3.63) is 52.1 Å². The normalized spacial score (nSPS) is 10.9. The van der Waals surface area contributed by atoms with Crippen LogP contribution in [-0.4, -0.2) is 27.1 Å². The first-order valence-electron chi connectivity index (χ1n) is 7.08. The number of carbonyl (C=O) groups is 1. The average molecular weight is 328 g/mol. The van der Waals surface area contributed by atoms with E-state index < -0.39 is 0 Å². The van der Waals surface area contributed by atoms with Crippen LogP contribution in [0.5, 0.6) is 0 Å². The zero-order chi connectivity index (χ0) is 16.4. The molecule has 0 bridgehead atoms. The number of carbonyl (C=O) groups excluding carboxylic acids is 1. The average Bonchev–Trinajstić information content (AvgIpc) is 2.94. The van der Waals surface area contributed by atoms with Crippen molar-refractivity contribution in [1.29, 1.82) is 0 Å². The van der Waals surface area contributed by atoms with Crippen molar-refractivity contribution in [2.45, 2.75) is 18.5 Å². The molecule has 1 aromatic carbocycles. The third-order valence-corrected chi connectivity index (χ3v) is 4.17. The second-order valence-electron chi connectivity index (χ2n) is 5.11. The molecule has 0 saturated carbocycles. The van der Waals surface area contributed by atoms with Crippen molar-refractivity contribution in [3.8, 4) is 0 Å². The Hall–Kier alpha value is -2.54. The van der Waals surface area contributed by atoms with Gasteiger partial charge in [0.2, 0.25) is 5.91 Å². The van der Waals surface area contributed by atoms with Gasteiger partial charge < -0.3 is 15.3 Å². The highest BCUT2D eigenvalue weighted by molar-refractivity contribution is 7.98. The summed E-state index contributed by atoms with van der Waals surface area (Å²) >= 11 is 1.36. The summed E-state index contributed by atoms with van der Waals surface area (Å²) < 4.78 is 0. The number of hydrogen-bond donors (Lipinski definition) is 3. The molecule has 0 saturated heterocycles. The van der Waals surface area contributed by atoms with Gasteiger partial charge in [-0.3, -0.25) is 9.59 Å². The number of aromatic nitrogens is 3. The molecule has 0 unspecified atom stereocenters. The van der Waals surface area contributed by atoms with Gasteiger partial charge in [-0.2, -0.15) is 0 Å². The van der Waals surface area contributed by atoms with Crippen LogP contribution in [0.4, 0.5) is 5.69 Å². The fraction of sp³-hybridized carbons (Fsp3) is 0.188. The minimum atomic E-state index is -0.268. The fourth-order valence-electron chi connectivity index (χ4n) is 2.42. The zero-order valence-electron chi connectivity index (χ0n) is 12.8. The number of aryl methyl sites for hydroxylation is 1. The Labute approximate surface area is 136 Å². The molecule has 3 aromatic rings. The Bertz CT molecular complexity index is 929. The van der Waals surface area contributed by atoms with E-state index in [0.29, 0.717) is 22.1 Å². The van der Waals surface area contributed by atoms with Crippen molar-refractivity contribution in [3.63, 3.8) is 0 Å². The van der Waals surface area contributed by atoms with Gasteiger partial charge in [-0.1, -0.05) is 30.0 Å². The molecule has 0 radical (unpaired) electrons. The first-order chi connectivity index (χ1) is 11.1. The number of thioether (sulfide) groups is 1. The van der Waals surface area contributed by atoms with E-state index in [0.717, 1.165) is 10.9 Å². The minimum absolute atomic E-state index is 0.0116. The monoisotopic (exact) mass is 328 g/mol. The van der Waals surface area contributed by atoms with Gasteiger partial charge in [0.1, 0.15) is 0 Å². The lowest BCUT2D eigenvalue weighted by Gasteiger charge is -2.07. The Morgan fingerprint density at radius 1 is 1.35 bits per heavy atom. The standard InChI is InChI=1S/C16H16N4O2S/c1-9-11(15(22)20-16(18-9)23-2)7-14(21)19-13-8-17-12-6-4-3-5-10(12)13/h3-6,8,17H,7H2,1-2H3,(H,19,21)(H,18,20,22). The molecule has 3 N–H and O–H groups in total. The molecule has 7 heteroatoms. The molecule has 118 valence electrons. The van der Waals surface area contributed by atoms with Crippen LogP contribution in [0.15, 0.2) is 40.4 Å². The van der Waals surface area contributed by atoms with Crippen LogP contribution >= 0.6 is 11.8 Å². The number of benzene rings is 1. The van der Waals surface area contributed by atoms with Crippen molar-refractivity contribution in [2.24, 2.45) is 0 Å². The van der Waals surface area contributed by atoms with Crippen LogP contribution in [0.1, 0.15) is 11.3 Å². The first kappa shape index (κ1) is 15.4. The van der Waals surface area contributed by atoms with E-state index in [1.54, 1.807) is 13.1 Å². The molecule has 1 amide bonds. The van der Waals surface area contributed by atoms with Crippen molar-refractivity contribution >= 4 is 34.3 Å². The molecule has 0 spiro atoms. The van der Waals surface area contributed by atoms with Crippen molar-refractivity contribution in [2.75, 3.05) is 11.6 Å². The topological polar surface area (TPSA) is 90.6 Å².